The number of aromatic nitrogens is 2. The van der Waals surface area contributed by atoms with Crippen molar-refractivity contribution >= 4 is 11.9 Å². The zero-order valence-electron chi connectivity index (χ0n) is 13.0. The molecule has 1 aromatic heterocycles. The molecule has 0 saturated heterocycles. The molecule has 0 aliphatic heterocycles. The predicted octanol–water partition coefficient (Wildman–Crippen LogP) is 2.57. The maximum Gasteiger partial charge on any atom is 0.330 e. The Kier molecular flexibility index (Phi) is 4.56. The molecule has 2 aromatic carbocycles. The summed E-state index contributed by atoms with van der Waals surface area (Å²) in [6.07, 6.45) is 1.44. The monoisotopic (exact) mass is 339 g/mol. The highest BCUT2D eigenvalue weighted by Gasteiger charge is 2.23. The van der Waals surface area contributed by atoms with Crippen molar-refractivity contribution in [2.24, 2.45) is 0 Å². The summed E-state index contributed by atoms with van der Waals surface area (Å²) in [5.74, 6) is -2.33. The molecule has 0 aliphatic carbocycles. The number of amides is 1. The lowest BCUT2D eigenvalue weighted by Gasteiger charge is -2.13. The Bertz CT molecular complexity index is 909. The van der Waals surface area contributed by atoms with Crippen molar-refractivity contribution in [3.05, 3.63) is 83.9 Å². The number of aliphatic carboxylic acids is 1. The molecule has 126 valence electrons. The topological polar surface area (TPSA) is 84.2 Å². The first-order valence-corrected chi connectivity index (χ1v) is 7.45. The van der Waals surface area contributed by atoms with E-state index in [9.17, 15) is 19.1 Å². The number of hydrogen-bond donors (Lipinski definition) is 2. The van der Waals surface area contributed by atoms with Gasteiger partial charge in [-0.2, -0.15) is 5.10 Å². The molecule has 0 spiro atoms. The van der Waals surface area contributed by atoms with E-state index in [1.165, 1.54) is 29.1 Å². The quantitative estimate of drug-likeness (QED) is 0.748. The van der Waals surface area contributed by atoms with Crippen molar-refractivity contribution in [2.45, 2.75) is 6.04 Å². The lowest BCUT2D eigenvalue weighted by atomic mass is 10.1. The normalized spacial score (nSPS) is 11.7. The molecule has 3 aromatic rings. The van der Waals surface area contributed by atoms with Gasteiger partial charge in [0, 0.05) is 6.20 Å². The Morgan fingerprint density at radius 2 is 1.72 bits per heavy atom. The van der Waals surface area contributed by atoms with Crippen LogP contribution in [0.3, 0.4) is 0 Å². The third-order valence-electron chi connectivity index (χ3n) is 3.58. The van der Waals surface area contributed by atoms with Crippen LogP contribution in [0.2, 0.25) is 0 Å². The van der Waals surface area contributed by atoms with Crippen molar-refractivity contribution in [1.29, 1.82) is 0 Å². The van der Waals surface area contributed by atoms with Crippen LogP contribution in [-0.2, 0) is 4.79 Å². The number of carboxylic acids is 1. The molecule has 0 aliphatic rings. The Hall–Kier alpha value is -3.48. The van der Waals surface area contributed by atoms with Gasteiger partial charge < -0.3 is 10.4 Å². The summed E-state index contributed by atoms with van der Waals surface area (Å²) in [6, 6.07) is 14.5. The molecule has 7 heteroatoms. The van der Waals surface area contributed by atoms with Crippen LogP contribution in [0.5, 0.6) is 0 Å². The summed E-state index contributed by atoms with van der Waals surface area (Å²) in [5, 5.41) is 15.8. The van der Waals surface area contributed by atoms with Crippen LogP contribution in [0.25, 0.3) is 5.69 Å². The van der Waals surface area contributed by atoms with E-state index in [4.69, 9.17) is 0 Å². The van der Waals surface area contributed by atoms with E-state index in [-0.39, 0.29) is 11.4 Å². The van der Waals surface area contributed by atoms with Gasteiger partial charge in [0.2, 0.25) is 0 Å². The van der Waals surface area contributed by atoms with Crippen molar-refractivity contribution in [2.75, 3.05) is 0 Å². The van der Waals surface area contributed by atoms with Gasteiger partial charge in [-0.15, -0.1) is 0 Å². The lowest BCUT2D eigenvalue weighted by Crippen LogP contribution is -2.34. The number of benzene rings is 2. The van der Waals surface area contributed by atoms with Crippen molar-refractivity contribution in [3.8, 4) is 5.69 Å². The minimum atomic E-state index is -1.20. The molecule has 0 fully saturated rings. The van der Waals surface area contributed by atoms with Crippen molar-refractivity contribution < 1.29 is 19.1 Å². The van der Waals surface area contributed by atoms with Gasteiger partial charge in [0.15, 0.2) is 11.7 Å². The van der Waals surface area contributed by atoms with Gasteiger partial charge in [0.05, 0.1) is 0 Å². The number of nitrogens with one attached hydrogen (secondary N) is 1. The van der Waals surface area contributed by atoms with E-state index in [1.54, 1.807) is 42.5 Å². The summed E-state index contributed by atoms with van der Waals surface area (Å²) in [4.78, 5) is 23.8. The molecule has 2 N–H and O–H groups in total. The fourth-order valence-electron chi connectivity index (χ4n) is 2.35. The second-order valence-electron chi connectivity index (χ2n) is 5.25. The van der Waals surface area contributed by atoms with E-state index >= 15 is 0 Å². The first-order valence-electron chi connectivity index (χ1n) is 7.45. The molecule has 1 atom stereocenters. The molecule has 0 unspecified atom stereocenters. The first-order chi connectivity index (χ1) is 12.1. The van der Waals surface area contributed by atoms with Gasteiger partial charge >= 0.3 is 5.97 Å². The molecule has 0 radical (unpaired) electrons. The largest absolute Gasteiger partial charge is 0.479 e. The van der Waals surface area contributed by atoms with Gasteiger partial charge in [-0.05, 0) is 23.8 Å². The maximum absolute atomic E-state index is 13.8. The molecule has 6 nitrogen and oxygen atoms in total. The van der Waals surface area contributed by atoms with Gasteiger partial charge in [0.1, 0.15) is 11.5 Å². The summed E-state index contributed by atoms with van der Waals surface area (Å²) in [7, 11) is 0. The SMILES string of the molecule is O=C(N[C@@H](C(=O)O)c1ccccc1)c1ccn(-c2ccccc2F)n1. The number of rotatable bonds is 5. The number of para-hydroxylation sites is 1. The van der Waals surface area contributed by atoms with Crippen LogP contribution >= 0.6 is 0 Å². The second kappa shape index (κ2) is 6.96. The Labute approximate surface area is 142 Å². The second-order valence-corrected chi connectivity index (χ2v) is 5.25. The highest BCUT2D eigenvalue weighted by Crippen LogP contribution is 2.15. The number of hydrogen-bond acceptors (Lipinski definition) is 3. The summed E-state index contributed by atoms with van der Waals surface area (Å²) in [5.41, 5.74) is 0.627. The minimum Gasteiger partial charge on any atom is -0.479 e. The van der Waals surface area contributed by atoms with Gasteiger partial charge in [-0.25, -0.2) is 13.9 Å². The standard InChI is InChI=1S/C18H14FN3O3/c19-13-8-4-5-9-15(13)22-11-10-14(21-22)17(23)20-16(18(24)25)12-6-2-1-3-7-12/h1-11,16H,(H,20,23)(H,24,25)/t16-/m1/s1. The van der Waals surface area contributed by atoms with Gasteiger partial charge in [-0.1, -0.05) is 42.5 Å². The summed E-state index contributed by atoms with van der Waals surface area (Å²) >= 11 is 0. The maximum atomic E-state index is 13.8. The number of nitrogens with zero attached hydrogens (tertiary/aromatic N) is 2. The van der Waals surface area contributed by atoms with E-state index < -0.39 is 23.7 Å². The van der Waals surface area contributed by atoms with E-state index in [2.05, 4.69) is 10.4 Å². The predicted molar refractivity (Wildman–Crippen MR) is 87.8 cm³/mol. The molecular weight excluding hydrogens is 325 g/mol. The third-order valence-corrected chi connectivity index (χ3v) is 3.58. The third kappa shape index (κ3) is 3.55. The molecule has 25 heavy (non-hydrogen) atoms. The smallest absolute Gasteiger partial charge is 0.330 e. The molecule has 1 heterocycles. The van der Waals surface area contributed by atoms with Crippen LogP contribution < -0.4 is 5.32 Å². The number of halogens is 1. The zero-order valence-corrected chi connectivity index (χ0v) is 13.0. The minimum absolute atomic E-state index is 0.00886. The molecular formula is C18H14FN3O3. The van der Waals surface area contributed by atoms with Crippen LogP contribution in [0.15, 0.2) is 66.9 Å². The van der Waals surface area contributed by atoms with Gasteiger partial charge in [-0.3, -0.25) is 4.79 Å². The molecule has 0 saturated carbocycles. The average Bonchev–Trinajstić information content (AvgIpc) is 3.10. The molecule has 1 amide bonds. The Morgan fingerprint density at radius 3 is 2.40 bits per heavy atom. The van der Waals surface area contributed by atoms with E-state index in [1.807, 2.05) is 0 Å². The van der Waals surface area contributed by atoms with Crippen LogP contribution in [0, 0.1) is 5.82 Å². The summed E-state index contributed by atoms with van der Waals surface area (Å²) < 4.78 is 15.0. The number of carbonyl (C=O) groups excluding carboxylic acids is 1. The highest BCUT2D eigenvalue weighted by molar-refractivity contribution is 5.95. The molecule has 3 rings (SSSR count). The molecule has 0 bridgehead atoms. The highest BCUT2D eigenvalue weighted by atomic mass is 19.1. The van der Waals surface area contributed by atoms with Crippen LogP contribution in [0.4, 0.5) is 4.39 Å². The fraction of sp³-hybridized carbons (Fsp3) is 0.0556. The van der Waals surface area contributed by atoms with E-state index in [0.29, 0.717) is 5.56 Å². The Morgan fingerprint density at radius 1 is 1.04 bits per heavy atom. The number of carbonyl (C=O) groups is 2. The zero-order chi connectivity index (χ0) is 17.8. The van der Waals surface area contributed by atoms with E-state index in [0.717, 1.165) is 0 Å². The van der Waals surface area contributed by atoms with Crippen LogP contribution in [-0.4, -0.2) is 26.8 Å². The summed E-state index contributed by atoms with van der Waals surface area (Å²) in [6.45, 7) is 0. The average molecular weight is 339 g/mol. The first kappa shape index (κ1) is 16.4. The van der Waals surface area contributed by atoms with Gasteiger partial charge in [0.25, 0.3) is 5.91 Å². The fourth-order valence-corrected chi connectivity index (χ4v) is 2.35. The van der Waals surface area contributed by atoms with Crippen molar-refractivity contribution in [3.63, 3.8) is 0 Å². The Balaban J connectivity index is 1.82. The lowest BCUT2D eigenvalue weighted by molar-refractivity contribution is -0.139. The van der Waals surface area contributed by atoms with Crippen LogP contribution in [0.1, 0.15) is 22.1 Å². The van der Waals surface area contributed by atoms with Crippen molar-refractivity contribution in [1.82, 2.24) is 15.1 Å². The number of carboxylic acid groups (broad SMARTS) is 1.